The van der Waals surface area contributed by atoms with Gasteiger partial charge in [-0.2, -0.15) is 0 Å². The monoisotopic (exact) mass is 285 g/mol. The molecule has 0 N–H and O–H groups in total. The quantitative estimate of drug-likeness (QED) is 0.352. The number of hydrogen-bond donors (Lipinski definition) is 0. The van der Waals surface area contributed by atoms with Gasteiger partial charge < -0.3 is 0 Å². The van der Waals surface area contributed by atoms with Crippen molar-refractivity contribution in [3.05, 3.63) is 30.1 Å². The average Bonchev–Trinajstić information content (AvgIpc) is 2.53. The zero-order valence-corrected chi connectivity index (χ0v) is 13.7. The summed E-state index contributed by atoms with van der Waals surface area (Å²) in [5.41, 5.74) is 0.889. The summed E-state index contributed by atoms with van der Waals surface area (Å²) in [6, 6.07) is 5.88. The molecule has 0 unspecified atom stereocenters. The molecule has 1 rings (SSSR count). The Balaban J connectivity index is 1.84. The van der Waals surface area contributed by atoms with Gasteiger partial charge in [0.25, 0.3) is 0 Å². The third kappa shape index (κ3) is 11.1. The molecule has 116 valence electrons. The van der Waals surface area contributed by atoms with E-state index in [-0.39, 0.29) is 0 Å². The Bertz CT molecular complexity index is 385. The summed E-state index contributed by atoms with van der Waals surface area (Å²) in [4.78, 5) is 4.20. The first-order valence-electron chi connectivity index (χ1n) is 8.83. The summed E-state index contributed by atoms with van der Waals surface area (Å²) >= 11 is 0. The number of aromatic nitrogens is 1. The minimum absolute atomic E-state index is 0.889. The summed E-state index contributed by atoms with van der Waals surface area (Å²) in [6.45, 7) is 2.28. The molecule has 0 amide bonds. The highest BCUT2D eigenvalue weighted by atomic mass is 14.6. The molecule has 0 aliphatic rings. The maximum atomic E-state index is 4.20. The van der Waals surface area contributed by atoms with Crippen molar-refractivity contribution < 1.29 is 0 Å². The van der Waals surface area contributed by atoms with E-state index in [9.17, 15) is 0 Å². The van der Waals surface area contributed by atoms with Crippen molar-refractivity contribution in [2.75, 3.05) is 0 Å². The molecule has 1 heterocycles. The lowest BCUT2D eigenvalue weighted by atomic mass is 10.1. The van der Waals surface area contributed by atoms with Crippen LogP contribution in [0.15, 0.2) is 24.4 Å². The second-order valence-electron chi connectivity index (χ2n) is 5.80. The highest BCUT2D eigenvalue weighted by Gasteiger charge is 1.92. The Hall–Kier alpha value is -1.29. The molecule has 0 bridgehead atoms. The van der Waals surface area contributed by atoms with Gasteiger partial charge in [0, 0.05) is 12.6 Å². The molecule has 1 nitrogen and oxygen atoms in total. The van der Waals surface area contributed by atoms with Crippen molar-refractivity contribution in [3.63, 3.8) is 0 Å². The molecule has 0 aromatic carbocycles. The molecule has 0 aliphatic heterocycles. The Morgan fingerprint density at radius 1 is 0.810 bits per heavy atom. The van der Waals surface area contributed by atoms with E-state index in [1.165, 1.54) is 70.6 Å². The Morgan fingerprint density at radius 3 is 2.00 bits per heavy atom. The van der Waals surface area contributed by atoms with Crippen molar-refractivity contribution in [1.82, 2.24) is 4.98 Å². The third-order valence-electron chi connectivity index (χ3n) is 3.79. The van der Waals surface area contributed by atoms with Crippen molar-refractivity contribution in [1.29, 1.82) is 0 Å². The smallest absolute Gasteiger partial charge is 0.113 e. The molecule has 0 radical (unpaired) electrons. The number of rotatable bonds is 11. The van der Waals surface area contributed by atoms with Crippen LogP contribution in [0, 0.1) is 11.8 Å². The SMILES string of the molecule is CCCCCCCCCCCCCC#Cc1ccccn1. The van der Waals surface area contributed by atoms with Gasteiger partial charge in [-0.25, -0.2) is 4.98 Å². The molecule has 0 saturated heterocycles. The number of unbranched alkanes of at least 4 members (excludes halogenated alkanes) is 11. The first-order chi connectivity index (χ1) is 10.4. The molecular formula is C20H31N. The zero-order valence-electron chi connectivity index (χ0n) is 13.7. The second-order valence-corrected chi connectivity index (χ2v) is 5.80. The Labute approximate surface area is 131 Å². The van der Waals surface area contributed by atoms with Crippen LogP contribution < -0.4 is 0 Å². The highest BCUT2D eigenvalue weighted by molar-refractivity contribution is 5.26. The lowest BCUT2D eigenvalue weighted by Gasteiger charge is -2.01. The highest BCUT2D eigenvalue weighted by Crippen LogP contribution is 2.11. The van der Waals surface area contributed by atoms with Crippen LogP contribution in [0.5, 0.6) is 0 Å². The minimum atomic E-state index is 0.889. The molecule has 1 heteroatoms. The number of pyridine rings is 1. The largest absolute Gasteiger partial charge is 0.248 e. The fourth-order valence-electron chi connectivity index (χ4n) is 2.47. The fraction of sp³-hybridized carbons (Fsp3) is 0.650. The maximum Gasteiger partial charge on any atom is 0.113 e. The van der Waals surface area contributed by atoms with Gasteiger partial charge in [-0.1, -0.05) is 83.1 Å². The van der Waals surface area contributed by atoms with Crippen molar-refractivity contribution >= 4 is 0 Å². The average molecular weight is 285 g/mol. The lowest BCUT2D eigenvalue weighted by molar-refractivity contribution is 0.551. The summed E-state index contributed by atoms with van der Waals surface area (Å²) in [6.07, 6.45) is 18.1. The van der Waals surface area contributed by atoms with Crippen LogP contribution in [0.2, 0.25) is 0 Å². The van der Waals surface area contributed by atoms with Crippen LogP contribution >= 0.6 is 0 Å². The van der Waals surface area contributed by atoms with Gasteiger partial charge in [-0.05, 0) is 24.5 Å². The molecule has 21 heavy (non-hydrogen) atoms. The molecule has 1 aromatic rings. The van der Waals surface area contributed by atoms with Gasteiger partial charge in [0.1, 0.15) is 5.69 Å². The molecule has 0 atom stereocenters. The topological polar surface area (TPSA) is 12.9 Å². The van der Waals surface area contributed by atoms with E-state index in [1.54, 1.807) is 6.20 Å². The summed E-state index contributed by atoms with van der Waals surface area (Å²) in [5.74, 6) is 6.34. The first kappa shape index (κ1) is 17.8. The Kier molecular flexibility index (Phi) is 11.6. The van der Waals surface area contributed by atoms with E-state index in [1.807, 2.05) is 18.2 Å². The zero-order chi connectivity index (χ0) is 15.0. The van der Waals surface area contributed by atoms with Crippen molar-refractivity contribution in [2.45, 2.75) is 84.0 Å². The summed E-state index contributed by atoms with van der Waals surface area (Å²) in [7, 11) is 0. The predicted octanol–water partition coefficient (Wildman–Crippen LogP) is 6.13. The Morgan fingerprint density at radius 2 is 1.43 bits per heavy atom. The van der Waals surface area contributed by atoms with Crippen LogP contribution in [-0.2, 0) is 0 Å². The van der Waals surface area contributed by atoms with Crippen LogP contribution in [0.3, 0.4) is 0 Å². The molecule has 1 aromatic heterocycles. The van der Waals surface area contributed by atoms with Gasteiger partial charge in [0.05, 0.1) is 0 Å². The molecule has 0 fully saturated rings. The van der Waals surface area contributed by atoms with Gasteiger partial charge in [0.15, 0.2) is 0 Å². The van der Waals surface area contributed by atoms with E-state index in [0.29, 0.717) is 0 Å². The van der Waals surface area contributed by atoms with Gasteiger partial charge in [-0.3, -0.25) is 0 Å². The lowest BCUT2D eigenvalue weighted by Crippen LogP contribution is -1.82. The van der Waals surface area contributed by atoms with Crippen LogP contribution in [0.25, 0.3) is 0 Å². The predicted molar refractivity (Wildman–Crippen MR) is 92.2 cm³/mol. The second kappa shape index (κ2) is 13.7. The van der Waals surface area contributed by atoms with Crippen molar-refractivity contribution in [2.24, 2.45) is 0 Å². The van der Waals surface area contributed by atoms with E-state index < -0.39 is 0 Å². The normalized spacial score (nSPS) is 10.1. The molecule has 0 saturated carbocycles. The van der Waals surface area contributed by atoms with Crippen LogP contribution in [0.1, 0.15) is 89.7 Å². The summed E-state index contributed by atoms with van der Waals surface area (Å²) < 4.78 is 0. The molecular weight excluding hydrogens is 254 g/mol. The molecule has 0 spiro atoms. The number of nitrogens with zero attached hydrogens (tertiary/aromatic N) is 1. The van der Waals surface area contributed by atoms with Crippen molar-refractivity contribution in [3.8, 4) is 11.8 Å². The van der Waals surface area contributed by atoms with E-state index in [0.717, 1.165) is 12.1 Å². The van der Waals surface area contributed by atoms with E-state index in [2.05, 4.69) is 23.7 Å². The first-order valence-corrected chi connectivity index (χ1v) is 8.83. The van der Waals surface area contributed by atoms with Crippen LogP contribution in [-0.4, -0.2) is 4.98 Å². The van der Waals surface area contributed by atoms with Gasteiger partial charge in [-0.15, -0.1) is 0 Å². The van der Waals surface area contributed by atoms with E-state index in [4.69, 9.17) is 0 Å². The summed E-state index contributed by atoms with van der Waals surface area (Å²) in [5, 5.41) is 0. The van der Waals surface area contributed by atoms with E-state index >= 15 is 0 Å². The van der Waals surface area contributed by atoms with Gasteiger partial charge in [0.2, 0.25) is 0 Å². The number of hydrogen-bond acceptors (Lipinski definition) is 1. The minimum Gasteiger partial charge on any atom is -0.248 e. The van der Waals surface area contributed by atoms with Gasteiger partial charge >= 0.3 is 0 Å². The third-order valence-corrected chi connectivity index (χ3v) is 3.79. The molecule has 0 aliphatic carbocycles. The standard InChI is InChI=1S/C20H31N/c1-2-3-4-5-6-7-8-9-10-11-12-13-14-17-20-18-15-16-19-21-20/h15-16,18-19H,2-13H2,1H3. The maximum absolute atomic E-state index is 4.20. The fourth-order valence-corrected chi connectivity index (χ4v) is 2.47. The van der Waals surface area contributed by atoms with Crippen LogP contribution in [0.4, 0.5) is 0 Å².